The minimum Gasteiger partial charge on any atom is -0.363 e. The Hall–Kier alpha value is -2.46. The molecule has 0 aliphatic carbocycles. The molecule has 0 spiro atoms. The second-order valence-electron chi connectivity index (χ2n) is 7.76. The lowest BCUT2D eigenvalue weighted by Gasteiger charge is -2.33. The van der Waals surface area contributed by atoms with Crippen LogP contribution in [0.15, 0.2) is 52.7 Å². The first kappa shape index (κ1) is 22.7. The summed E-state index contributed by atoms with van der Waals surface area (Å²) in [5, 5.41) is 9.43. The number of hydrogen-bond donors (Lipinski definition) is 1. The van der Waals surface area contributed by atoms with Gasteiger partial charge >= 0.3 is 0 Å². The van der Waals surface area contributed by atoms with E-state index in [-0.39, 0.29) is 23.2 Å². The summed E-state index contributed by atoms with van der Waals surface area (Å²) in [7, 11) is -0.0422. The maximum atomic E-state index is 13.1. The molecule has 1 amide bonds. The molecule has 0 unspecified atom stereocenters. The lowest BCUT2D eigenvalue weighted by atomic mass is 10.1. The molecule has 0 radical (unpaired) electrons. The maximum absolute atomic E-state index is 13.1. The molecule has 1 N–H and O–H groups in total. The Labute approximate surface area is 196 Å². The van der Waals surface area contributed by atoms with Crippen LogP contribution in [0.2, 0.25) is 5.02 Å². The highest BCUT2D eigenvalue weighted by atomic mass is 35.5. The molecule has 2 aromatic carbocycles. The number of carbonyl (C=O) groups is 1. The zero-order chi connectivity index (χ0) is 23.0. The van der Waals surface area contributed by atoms with Crippen molar-refractivity contribution in [1.82, 2.24) is 14.1 Å². The average Bonchev–Trinajstić information content (AvgIpc) is 3.22. The van der Waals surface area contributed by atoms with Gasteiger partial charge < -0.3 is 9.80 Å². The molecule has 0 bridgehead atoms. The number of amides is 1. The van der Waals surface area contributed by atoms with E-state index in [1.165, 1.54) is 15.6 Å². The van der Waals surface area contributed by atoms with Gasteiger partial charge in [0.15, 0.2) is 0 Å². The standard InChI is InChI=1S/C22H23ClN4O3S2/c1-25(2)21(24)15-3-5-16(6-4-15)22(28)26-9-11-27(12-10-26)32(29,30)20-13-17-7-8-18(23)14-19(17)31-20/h3-8,13-14,24H,9-12H2,1-2H3. The van der Waals surface area contributed by atoms with Crippen LogP contribution in [0.5, 0.6) is 0 Å². The first-order valence-electron chi connectivity index (χ1n) is 10.0. The number of hydrogen-bond acceptors (Lipinski definition) is 5. The van der Waals surface area contributed by atoms with Crippen molar-refractivity contribution in [2.45, 2.75) is 4.21 Å². The van der Waals surface area contributed by atoms with Crippen molar-refractivity contribution in [3.63, 3.8) is 0 Å². The predicted molar refractivity (Wildman–Crippen MR) is 128 cm³/mol. The molecule has 4 rings (SSSR count). The van der Waals surface area contributed by atoms with Crippen LogP contribution < -0.4 is 0 Å². The number of sulfonamides is 1. The van der Waals surface area contributed by atoms with Crippen molar-refractivity contribution in [2.24, 2.45) is 0 Å². The fraction of sp³-hybridized carbons (Fsp3) is 0.273. The van der Waals surface area contributed by atoms with Crippen LogP contribution in [0.25, 0.3) is 10.1 Å². The molecule has 10 heteroatoms. The number of piperazine rings is 1. The number of nitrogens with one attached hydrogen (secondary N) is 1. The number of nitrogens with zero attached hydrogens (tertiary/aromatic N) is 3. The van der Waals surface area contributed by atoms with Crippen molar-refractivity contribution in [2.75, 3.05) is 40.3 Å². The monoisotopic (exact) mass is 490 g/mol. The highest BCUT2D eigenvalue weighted by Crippen LogP contribution is 2.33. The van der Waals surface area contributed by atoms with Crippen LogP contribution in [0.1, 0.15) is 15.9 Å². The molecule has 1 aliphatic rings. The van der Waals surface area contributed by atoms with Crippen LogP contribution >= 0.6 is 22.9 Å². The van der Waals surface area contributed by atoms with Gasteiger partial charge in [0.1, 0.15) is 10.0 Å². The van der Waals surface area contributed by atoms with Gasteiger partial charge in [-0.05, 0) is 35.7 Å². The van der Waals surface area contributed by atoms with Gasteiger partial charge in [-0.1, -0.05) is 29.8 Å². The van der Waals surface area contributed by atoms with Crippen LogP contribution in [0.3, 0.4) is 0 Å². The Bertz CT molecular complexity index is 1280. The first-order chi connectivity index (χ1) is 15.2. The molecule has 2 heterocycles. The molecule has 1 fully saturated rings. The summed E-state index contributed by atoms with van der Waals surface area (Å²) in [5.41, 5.74) is 1.25. The molecule has 0 saturated carbocycles. The van der Waals surface area contributed by atoms with E-state index in [9.17, 15) is 13.2 Å². The molecular weight excluding hydrogens is 468 g/mol. The van der Waals surface area contributed by atoms with Gasteiger partial charge in [-0.15, -0.1) is 11.3 Å². The summed E-state index contributed by atoms with van der Waals surface area (Å²) in [6, 6.07) is 13.9. The van der Waals surface area contributed by atoms with Crippen molar-refractivity contribution < 1.29 is 13.2 Å². The van der Waals surface area contributed by atoms with Crippen LogP contribution in [0.4, 0.5) is 0 Å². The number of fused-ring (bicyclic) bond motifs is 1. The molecule has 32 heavy (non-hydrogen) atoms. The third-order valence-electron chi connectivity index (χ3n) is 5.43. The minimum absolute atomic E-state index is 0.138. The summed E-state index contributed by atoms with van der Waals surface area (Å²) in [4.78, 5) is 16.2. The Morgan fingerprint density at radius 3 is 2.25 bits per heavy atom. The van der Waals surface area contributed by atoms with Gasteiger partial charge in [0.2, 0.25) is 0 Å². The average molecular weight is 491 g/mol. The first-order valence-corrected chi connectivity index (χ1v) is 12.6. The summed E-state index contributed by atoms with van der Waals surface area (Å²) in [5.74, 6) is 0.229. The van der Waals surface area contributed by atoms with Crippen LogP contribution in [0, 0.1) is 5.41 Å². The van der Waals surface area contributed by atoms with E-state index in [2.05, 4.69) is 0 Å². The van der Waals surface area contributed by atoms with Gasteiger partial charge in [-0.25, -0.2) is 8.42 Å². The van der Waals surface area contributed by atoms with Crippen LogP contribution in [-0.2, 0) is 10.0 Å². The SMILES string of the molecule is CN(C)C(=N)c1ccc(C(=O)N2CCN(S(=O)(=O)c3cc4ccc(Cl)cc4s3)CC2)cc1. The normalized spacial score (nSPS) is 15.2. The van der Waals surface area contributed by atoms with Crippen molar-refractivity contribution in [3.05, 3.63) is 64.7 Å². The topological polar surface area (TPSA) is 84.8 Å². The van der Waals surface area contributed by atoms with E-state index in [0.717, 1.165) is 15.6 Å². The summed E-state index contributed by atoms with van der Waals surface area (Å²) in [6.07, 6.45) is 0. The molecule has 1 saturated heterocycles. The second kappa shape index (κ2) is 8.82. The fourth-order valence-electron chi connectivity index (χ4n) is 3.58. The van der Waals surface area contributed by atoms with Gasteiger partial charge in [0, 0.05) is 61.1 Å². The number of carbonyl (C=O) groups excluding carboxylic acids is 1. The molecular formula is C22H23ClN4O3S2. The summed E-state index contributed by atoms with van der Waals surface area (Å²) < 4.78 is 28.8. The zero-order valence-electron chi connectivity index (χ0n) is 17.7. The second-order valence-corrected chi connectivity index (χ2v) is 11.4. The highest BCUT2D eigenvalue weighted by Gasteiger charge is 2.31. The number of thiophene rings is 1. The lowest BCUT2D eigenvalue weighted by Crippen LogP contribution is -2.50. The summed E-state index contributed by atoms with van der Waals surface area (Å²) in [6.45, 7) is 1.13. The van der Waals surface area contributed by atoms with Gasteiger partial charge in [-0.3, -0.25) is 10.2 Å². The Kier molecular flexibility index (Phi) is 6.26. The molecule has 1 aliphatic heterocycles. The maximum Gasteiger partial charge on any atom is 0.253 e. The fourth-order valence-corrected chi connectivity index (χ4v) is 6.83. The number of rotatable bonds is 4. The van der Waals surface area contributed by atoms with Gasteiger partial charge in [0.25, 0.3) is 15.9 Å². The van der Waals surface area contributed by atoms with E-state index in [1.54, 1.807) is 66.4 Å². The number of halogens is 1. The van der Waals surface area contributed by atoms with E-state index >= 15 is 0 Å². The van der Waals surface area contributed by atoms with Crippen molar-refractivity contribution in [1.29, 1.82) is 5.41 Å². The smallest absolute Gasteiger partial charge is 0.253 e. The third kappa shape index (κ3) is 4.38. The highest BCUT2D eigenvalue weighted by molar-refractivity contribution is 7.91. The Morgan fingerprint density at radius 1 is 1.00 bits per heavy atom. The van der Waals surface area contributed by atoms with E-state index in [0.29, 0.717) is 29.5 Å². The number of amidine groups is 1. The van der Waals surface area contributed by atoms with Crippen molar-refractivity contribution >= 4 is 54.8 Å². The molecule has 168 valence electrons. The molecule has 0 atom stereocenters. The Balaban J connectivity index is 1.43. The molecule has 7 nitrogen and oxygen atoms in total. The number of benzene rings is 2. The van der Waals surface area contributed by atoms with Gasteiger partial charge in [-0.2, -0.15) is 4.31 Å². The largest absolute Gasteiger partial charge is 0.363 e. The molecule has 1 aromatic heterocycles. The van der Waals surface area contributed by atoms with Gasteiger partial charge in [0.05, 0.1) is 0 Å². The van der Waals surface area contributed by atoms with E-state index in [4.69, 9.17) is 17.0 Å². The minimum atomic E-state index is -3.63. The Morgan fingerprint density at radius 2 is 1.62 bits per heavy atom. The lowest BCUT2D eigenvalue weighted by molar-refractivity contribution is 0.0698. The van der Waals surface area contributed by atoms with Crippen molar-refractivity contribution in [3.8, 4) is 0 Å². The third-order valence-corrected chi connectivity index (χ3v) is 9.11. The van der Waals surface area contributed by atoms with E-state index < -0.39 is 10.0 Å². The zero-order valence-corrected chi connectivity index (χ0v) is 20.1. The molecule has 3 aromatic rings. The van der Waals surface area contributed by atoms with Crippen LogP contribution in [-0.4, -0.2) is 74.5 Å². The summed E-state index contributed by atoms with van der Waals surface area (Å²) >= 11 is 7.23. The quantitative estimate of drug-likeness (QED) is 0.447. The van der Waals surface area contributed by atoms with E-state index in [1.807, 2.05) is 6.07 Å². The predicted octanol–water partition coefficient (Wildman–Crippen LogP) is 3.59.